The molecule has 4 nitrogen and oxygen atoms in total. The van der Waals surface area contributed by atoms with Gasteiger partial charge in [-0.15, -0.1) is 0 Å². The van der Waals surface area contributed by atoms with Crippen molar-refractivity contribution in [3.63, 3.8) is 0 Å². The zero-order chi connectivity index (χ0) is 12.4. The van der Waals surface area contributed by atoms with Crippen molar-refractivity contribution >= 4 is 17.6 Å². The third-order valence-electron chi connectivity index (χ3n) is 2.69. The van der Waals surface area contributed by atoms with E-state index in [4.69, 9.17) is 21.4 Å². The van der Waals surface area contributed by atoms with Crippen LogP contribution in [0.4, 0.5) is 0 Å². The average molecular weight is 257 g/mol. The number of benzene rings is 1. The van der Waals surface area contributed by atoms with Crippen LogP contribution >= 0.6 is 11.6 Å². The minimum absolute atomic E-state index is 0.200. The Labute approximate surface area is 104 Å². The number of rotatable bonds is 5. The van der Waals surface area contributed by atoms with Gasteiger partial charge in [-0.25, -0.2) is 4.79 Å². The second kappa shape index (κ2) is 4.94. The van der Waals surface area contributed by atoms with E-state index in [-0.39, 0.29) is 11.3 Å². The van der Waals surface area contributed by atoms with Gasteiger partial charge in [-0.3, -0.25) is 0 Å². The molecule has 1 aliphatic rings. The van der Waals surface area contributed by atoms with Crippen LogP contribution in [0.15, 0.2) is 18.2 Å². The smallest absolute Gasteiger partial charge is 0.337 e. The molecule has 0 aromatic heterocycles. The van der Waals surface area contributed by atoms with Crippen molar-refractivity contribution in [2.45, 2.75) is 18.9 Å². The van der Waals surface area contributed by atoms with Gasteiger partial charge in [0, 0.05) is 5.56 Å². The van der Waals surface area contributed by atoms with Gasteiger partial charge >= 0.3 is 5.97 Å². The van der Waals surface area contributed by atoms with Gasteiger partial charge in [0.2, 0.25) is 0 Å². The zero-order valence-electron chi connectivity index (χ0n) is 9.10. The summed E-state index contributed by atoms with van der Waals surface area (Å²) in [7, 11) is 0. The van der Waals surface area contributed by atoms with Crippen LogP contribution < -0.4 is 4.74 Å². The van der Waals surface area contributed by atoms with Crippen LogP contribution in [-0.4, -0.2) is 22.8 Å². The van der Waals surface area contributed by atoms with Crippen molar-refractivity contribution in [3.8, 4) is 5.75 Å². The van der Waals surface area contributed by atoms with Crippen molar-refractivity contribution < 1.29 is 19.7 Å². The van der Waals surface area contributed by atoms with Crippen LogP contribution in [0.25, 0.3) is 0 Å². The topological polar surface area (TPSA) is 66.8 Å². The van der Waals surface area contributed by atoms with E-state index >= 15 is 0 Å². The molecule has 1 aliphatic carbocycles. The summed E-state index contributed by atoms with van der Waals surface area (Å²) in [5, 5.41) is 18.7. The summed E-state index contributed by atoms with van der Waals surface area (Å²) in [6.07, 6.45) is 0.644. The molecule has 0 spiro atoms. The lowest BCUT2D eigenvalue weighted by Crippen LogP contribution is -2.13. The molecule has 0 aliphatic heterocycles. The molecule has 17 heavy (non-hydrogen) atoms. The van der Waals surface area contributed by atoms with Gasteiger partial charge in [0.1, 0.15) is 5.75 Å². The second-order valence-corrected chi connectivity index (χ2v) is 4.56. The Balaban J connectivity index is 2.22. The summed E-state index contributed by atoms with van der Waals surface area (Å²) in [5.74, 6) is -0.513. The maximum absolute atomic E-state index is 10.8. The van der Waals surface area contributed by atoms with Crippen LogP contribution in [0.2, 0.25) is 5.02 Å². The van der Waals surface area contributed by atoms with E-state index in [1.807, 2.05) is 0 Å². The number of ether oxygens (including phenoxy) is 1. The summed E-state index contributed by atoms with van der Waals surface area (Å²) < 4.78 is 5.51. The number of hydrogen-bond donors (Lipinski definition) is 2. The van der Waals surface area contributed by atoms with E-state index in [2.05, 4.69) is 0 Å². The van der Waals surface area contributed by atoms with Crippen molar-refractivity contribution in [2.75, 3.05) is 6.61 Å². The largest absolute Gasteiger partial charge is 0.491 e. The summed E-state index contributed by atoms with van der Waals surface area (Å²) in [6, 6.07) is 4.71. The highest BCUT2D eigenvalue weighted by Crippen LogP contribution is 2.36. The summed E-state index contributed by atoms with van der Waals surface area (Å²) >= 11 is 5.95. The monoisotopic (exact) mass is 256 g/mol. The Hall–Kier alpha value is -1.26. The Kier molecular flexibility index (Phi) is 3.54. The van der Waals surface area contributed by atoms with Gasteiger partial charge in [0.05, 0.1) is 11.6 Å². The zero-order valence-corrected chi connectivity index (χ0v) is 9.85. The molecule has 0 amide bonds. The van der Waals surface area contributed by atoms with Crippen molar-refractivity contribution in [3.05, 3.63) is 28.8 Å². The van der Waals surface area contributed by atoms with E-state index in [9.17, 15) is 9.90 Å². The van der Waals surface area contributed by atoms with Gasteiger partial charge < -0.3 is 14.9 Å². The van der Waals surface area contributed by atoms with Crippen LogP contribution in [0.5, 0.6) is 5.75 Å². The molecular formula is C12H13ClO4. The molecule has 1 fully saturated rings. The predicted molar refractivity (Wildman–Crippen MR) is 62.3 cm³/mol. The lowest BCUT2D eigenvalue weighted by molar-refractivity contribution is -0.147. The molecule has 2 N–H and O–H groups in total. The molecule has 0 bridgehead atoms. The summed E-state index contributed by atoms with van der Waals surface area (Å²) in [5.41, 5.74) is 0.200. The first-order chi connectivity index (χ1) is 8.09. The quantitative estimate of drug-likeness (QED) is 0.848. The highest BCUT2D eigenvalue weighted by atomic mass is 35.5. The van der Waals surface area contributed by atoms with E-state index in [0.29, 0.717) is 17.5 Å². The van der Waals surface area contributed by atoms with Crippen molar-refractivity contribution in [1.29, 1.82) is 0 Å². The minimum atomic E-state index is -1.61. The fourth-order valence-corrected chi connectivity index (χ4v) is 1.75. The molecule has 1 atom stereocenters. The third-order valence-corrected chi connectivity index (χ3v) is 2.98. The van der Waals surface area contributed by atoms with E-state index in [1.54, 1.807) is 12.1 Å². The predicted octanol–water partition coefficient (Wildman–Crippen LogP) is 2.25. The first-order valence-electron chi connectivity index (χ1n) is 5.41. The van der Waals surface area contributed by atoms with Crippen molar-refractivity contribution in [2.24, 2.45) is 5.92 Å². The molecule has 1 aromatic rings. The number of carboxylic acids is 1. The van der Waals surface area contributed by atoms with Gasteiger partial charge in [-0.2, -0.15) is 0 Å². The third kappa shape index (κ3) is 2.90. The molecule has 1 unspecified atom stereocenters. The van der Waals surface area contributed by atoms with Gasteiger partial charge in [-0.1, -0.05) is 23.7 Å². The average Bonchev–Trinajstić information content (AvgIpc) is 3.10. The maximum atomic E-state index is 10.8. The first kappa shape index (κ1) is 12.2. The number of aliphatic hydroxyl groups is 1. The standard InChI is InChI=1S/C12H13ClO4/c13-9-3-1-2-8(10(14)12(15)16)11(9)17-6-7-4-5-7/h1-3,7,10,14H,4-6H2,(H,15,16). The number of para-hydroxylation sites is 1. The SMILES string of the molecule is O=C(O)C(O)c1cccc(Cl)c1OCC1CC1. The Bertz CT molecular complexity index is 429. The van der Waals surface area contributed by atoms with Crippen LogP contribution in [-0.2, 0) is 4.79 Å². The van der Waals surface area contributed by atoms with E-state index in [0.717, 1.165) is 12.8 Å². The van der Waals surface area contributed by atoms with E-state index < -0.39 is 12.1 Å². The molecule has 2 rings (SSSR count). The minimum Gasteiger partial charge on any atom is -0.491 e. The number of halogens is 1. The van der Waals surface area contributed by atoms with Crippen LogP contribution in [0.3, 0.4) is 0 Å². The normalized spacial score (nSPS) is 16.6. The van der Waals surface area contributed by atoms with Crippen molar-refractivity contribution in [1.82, 2.24) is 0 Å². The lowest BCUT2D eigenvalue weighted by atomic mass is 10.1. The molecule has 0 radical (unpaired) electrons. The molecule has 92 valence electrons. The molecule has 1 aromatic carbocycles. The molecule has 5 heteroatoms. The fourth-order valence-electron chi connectivity index (χ4n) is 1.51. The maximum Gasteiger partial charge on any atom is 0.337 e. The van der Waals surface area contributed by atoms with Crippen LogP contribution in [0, 0.1) is 5.92 Å². The molecular weight excluding hydrogens is 244 g/mol. The highest BCUT2D eigenvalue weighted by Gasteiger charge is 2.26. The number of hydrogen-bond acceptors (Lipinski definition) is 3. The molecule has 0 saturated heterocycles. The molecule has 1 saturated carbocycles. The first-order valence-corrected chi connectivity index (χ1v) is 5.79. The number of aliphatic carboxylic acids is 1. The second-order valence-electron chi connectivity index (χ2n) is 4.15. The summed E-state index contributed by atoms with van der Waals surface area (Å²) in [4.78, 5) is 10.8. The Morgan fingerprint density at radius 3 is 2.82 bits per heavy atom. The fraction of sp³-hybridized carbons (Fsp3) is 0.417. The lowest BCUT2D eigenvalue weighted by Gasteiger charge is -2.14. The molecule has 0 heterocycles. The van der Waals surface area contributed by atoms with E-state index in [1.165, 1.54) is 6.07 Å². The van der Waals surface area contributed by atoms with Gasteiger partial charge in [0.25, 0.3) is 0 Å². The number of aliphatic hydroxyl groups excluding tert-OH is 1. The van der Waals surface area contributed by atoms with Gasteiger partial charge in [0.15, 0.2) is 6.10 Å². The van der Waals surface area contributed by atoms with Crippen LogP contribution in [0.1, 0.15) is 24.5 Å². The summed E-state index contributed by atoms with van der Waals surface area (Å²) in [6.45, 7) is 0.517. The Morgan fingerprint density at radius 2 is 2.24 bits per heavy atom. The number of carbonyl (C=O) groups is 1. The number of carboxylic acid groups (broad SMARTS) is 1. The Morgan fingerprint density at radius 1 is 1.53 bits per heavy atom. The van der Waals surface area contributed by atoms with Gasteiger partial charge in [-0.05, 0) is 24.8 Å². The highest BCUT2D eigenvalue weighted by molar-refractivity contribution is 6.32.